The molecule has 6 nitrogen and oxygen atoms in total. The van der Waals surface area contributed by atoms with E-state index in [1.807, 2.05) is 6.07 Å². The highest BCUT2D eigenvalue weighted by molar-refractivity contribution is 6.15. The van der Waals surface area contributed by atoms with Gasteiger partial charge in [-0.05, 0) is 31.2 Å². The minimum Gasteiger partial charge on any atom is -0.469 e. The van der Waals surface area contributed by atoms with Crippen LogP contribution in [0.2, 0.25) is 0 Å². The van der Waals surface area contributed by atoms with Gasteiger partial charge in [-0.15, -0.1) is 0 Å². The predicted molar refractivity (Wildman–Crippen MR) is 79.5 cm³/mol. The minimum atomic E-state index is -1.59. The summed E-state index contributed by atoms with van der Waals surface area (Å²) in [6, 6.07) is 10.6. The molecule has 0 aliphatic carbocycles. The van der Waals surface area contributed by atoms with Gasteiger partial charge in [-0.25, -0.2) is 0 Å². The van der Waals surface area contributed by atoms with Crippen molar-refractivity contribution in [2.24, 2.45) is 0 Å². The molecule has 2 amide bonds. The van der Waals surface area contributed by atoms with E-state index in [9.17, 15) is 9.59 Å². The first-order valence-electron chi connectivity index (χ1n) is 7.00. The van der Waals surface area contributed by atoms with Crippen molar-refractivity contribution in [3.63, 3.8) is 0 Å². The molecule has 1 aliphatic rings. The van der Waals surface area contributed by atoms with Gasteiger partial charge in [0.2, 0.25) is 0 Å². The van der Waals surface area contributed by atoms with Crippen LogP contribution in [0.3, 0.4) is 0 Å². The Bertz CT molecular complexity index is 696. The number of hydrogen-bond acceptors (Lipinski definition) is 4. The molecule has 2 N–H and O–H groups in total. The van der Waals surface area contributed by atoms with E-state index >= 15 is 0 Å². The largest absolute Gasteiger partial charge is 0.469 e. The van der Waals surface area contributed by atoms with Gasteiger partial charge >= 0.3 is 0 Å². The topological polar surface area (TPSA) is 80.6 Å². The van der Waals surface area contributed by atoms with Crippen LogP contribution in [0.4, 0.5) is 5.69 Å². The Morgan fingerprint density at radius 3 is 2.86 bits per heavy atom. The maximum atomic E-state index is 12.3. The molecule has 1 aliphatic heterocycles. The van der Waals surface area contributed by atoms with Gasteiger partial charge in [0, 0.05) is 13.0 Å². The monoisotopic (exact) mass is 300 g/mol. The molecule has 0 radical (unpaired) electrons. The summed E-state index contributed by atoms with van der Waals surface area (Å²) in [5.41, 5.74) is -1.02. The summed E-state index contributed by atoms with van der Waals surface area (Å²) in [6.07, 6.45) is 2.13. The van der Waals surface area contributed by atoms with E-state index in [1.54, 1.807) is 36.6 Å². The first-order valence-corrected chi connectivity index (χ1v) is 7.00. The first kappa shape index (κ1) is 14.2. The van der Waals surface area contributed by atoms with Gasteiger partial charge in [0.25, 0.3) is 17.4 Å². The van der Waals surface area contributed by atoms with Gasteiger partial charge in [-0.2, -0.15) is 0 Å². The summed E-state index contributed by atoms with van der Waals surface area (Å²) in [6.45, 7) is 1.82. The van der Waals surface area contributed by atoms with Gasteiger partial charge in [-0.1, -0.05) is 12.1 Å². The number of fused-ring (bicyclic) bond motifs is 1. The van der Waals surface area contributed by atoms with Crippen molar-refractivity contribution in [1.29, 1.82) is 0 Å². The molecule has 22 heavy (non-hydrogen) atoms. The lowest BCUT2D eigenvalue weighted by molar-refractivity contribution is -0.146. The molecule has 0 spiro atoms. The van der Waals surface area contributed by atoms with Gasteiger partial charge in [-0.3, -0.25) is 9.59 Å². The maximum Gasteiger partial charge on any atom is 0.278 e. The Morgan fingerprint density at radius 1 is 1.27 bits per heavy atom. The average Bonchev–Trinajstić information content (AvgIpc) is 3.01. The summed E-state index contributed by atoms with van der Waals surface area (Å²) in [5.74, 6) is 0.281. The van der Waals surface area contributed by atoms with Crippen LogP contribution in [0.15, 0.2) is 47.1 Å². The normalized spacial score (nSPS) is 19.8. The lowest BCUT2D eigenvalue weighted by Crippen LogP contribution is -2.58. The summed E-state index contributed by atoms with van der Waals surface area (Å²) >= 11 is 0. The molecule has 2 heterocycles. The van der Waals surface area contributed by atoms with Crippen LogP contribution >= 0.6 is 0 Å². The number of amides is 2. The van der Waals surface area contributed by atoms with Crippen LogP contribution in [-0.4, -0.2) is 24.0 Å². The van der Waals surface area contributed by atoms with E-state index < -0.39 is 17.4 Å². The molecule has 0 bridgehead atoms. The summed E-state index contributed by atoms with van der Waals surface area (Å²) < 4.78 is 10.8. The summed E-state index contributed by atoms with van der Waals surface area (Å²) in [7, 11) is 0. The molecular formula is C16H16N2O4. The number of anilines is 1. The molecule has 1 atom stereocenters. The molecule has 1 aromatic carbocycles. The molecule has 2 aromatic rings. The molecule has 0 saturated heterocycles. The first-order chi connectivity index (χ1) is 10.6. The van der Waals surface area contributed by atoms with Crippen LogP contribution in [0, 0.1) is 0 Å². The number of para-hydroxylation sites is 2. The summed E-state index contributed by atoms with van der Waals surface area (Å²) in [4.78, 5) is 24.5. The highest BCUT2D eigenvalue weighted by Crippen LogP contribution is 2.33. The van der Waals surface area contributed by atoms with Gasteiger partial charge in [0.1, 0.15) is 11.5 Å². The molecule has 0 fully saturated rings. The third-order valence-corrected chi connectivity index (χ3v) is 3.55. The second-order valence-corrected chi connectivity index (χ2v) is 5.17. The Labute approximate surface area is 127 Å². The quantitative estimate of drug-likeness (QED) is 0.843. The van der Waals surface area contributed by atoms with Crippen LogP contribution in [0.25, 0.3) is 0 Å². The molecule has 1 aromatic heterocycles. The zero-order chi connectivity index (χ0) is 15.6. The molecule has 114 valence electrons. The van der Waals surface area contributed by atoms with E-state index in [2.05, 4.69) is 10.6 Å². The minimum absolute atomic E-state index is 0.361. The fraction of sp³-hybridized carbons (Fsp3) is 0.250. The number of hydrogen-bond donors (Lipinski definition) is 2. The van der Waals surface area contributed by atoms with Crippen molar-refractivity contribution in [1.82, 2.24) is 5.32 Å². The molecular weight excluding hydrogens is 284 g/mol. The number of nitrogens with one attached hydrogen (secondary N) is 2. The Kier molecular flexibility index (Phi) is 3.58. The fourth-order valence-corrected chi connectivity index (χ4v) is 2.24. The zero-order valence-electron chi connectivity index (χ0n) is 12.1. The van der Waals surface area contributed by atoms with Crippen molar-refractivity contribution in [3.05, 3.63) is 48.4 Å². The van der Waals surface area contributed by atoms with Gasteiger partial charge < -0.3 is 19.8 Å². The van der Waals surface area contributed by atoms with Crippen molar-refractivity contribution in [2.75, 3.05) is 11.9 Å². The lowest BCUT2D eigenvalue weighted by atomic mass is 10.0. The third kappa shape index (κ3) is 2.55. The molecule has 3 rings (SSSR count). The van der Waals surface area contributed by atoms with E-state index in [0.717, 1.165) is 5.76 Å². The van der Waals surface area contributed by atoms with Crippen molar-refractivity contribution in [3.8, 4) is 5.75 Å². The fourth-order valence-electron chi connectivity index (χ4n) is 2.24. The molecule has 6 heteroatoms. The second kappa shape index (κ2) is 5.55. The van der Waals surface area contributed by atoms with Gasteiger partial charge in [0.05, 0.1) is 12.0 Å². The van der Waals surface area contributed by atoms with E-state index in [0.29, 0.717) is 24.4 Å². The molecule has 0 unspecified atom stereocenters. The van der Waals surface area contributed by atoms with Crippen LogP contribution < -0.4 is 15.4 Å². The highest BCUT2D eigenvalue weighted by atomic mass is 16.5. The third-order valence-electron chi connectivity index (χ3n) is 3.55. The van der Waals surface area contributed by atoms with Crippen molar-refractivity contribution >= 4 is 17.5 Å². The standard InChI is InChI=1S/C16H16N2O4/c1-16(14(19)17-9-8-11-5-4-10-21-11)15(20)18-12-6-2-3-7-13(12)22-16/h2-7,10H,8-9H2,1H3,(H,17,19)(H,18,20)/t16-/m0/s1. The van der Waals surface area contributed by atoms with Crippen LogP contribution in [0.5, 0.6) is 5.75 Å². The Hall–Kier alpha value is -2.76. The number of benzene rings is 1. The van der Waals surface area contributed by atoms with Crippen LogP contribution in [0.1, 0.15) is 12.7 Å². The van der Waals surface area contributed by atoms with E-state index in [4.69, 9.17) is 9.15 Å². The van der Waals surface area contributed by atoms with Crippen molar-refractivity contribution < 1.29 is 18.7 Å². The highest BCUT2D eigenvalue weighted by Gasteiger charge is 2.46. The van der Waals surface area contributed by atoms with Gasteiger partial charge in [0.15, 0.2) is 0 Å². The molecule has 0 saturated carbocycles. The number of rotatable bonds is 4. The predicted octanol–water partition coefficient (Wildman–Crippen LogP) is 1.73. The number of carbonyl (C=O) groups is 2. The Balaban J connectivity index is 1.67. The maximum absolute atomic E-state index is 12.3. The second-order valence-electron chi connectivity index (χ2n) is 5.17. The Morgan fingerprint density at radius 2 is 2.09 bits per heavy atom. The van der Waals surface area contributed by atoms with E-state index in [1.165, 1.54) is 6.92 Å². The number of carbonyl (C=O) groups excluding carboxylic acids is 2. The van der Waals surface area contributed by atoms with E-state index in [-0.39, 0.29) is 0 Å². The average molecular weight is 300 g/mol. The number of furan rings is 1. The SMILES string of the molecule is C[C@@]1(C(=O)NCCc2ccco2)Oc2ccccc2NC1=O. The summed E-state index contributed by atoms with van der Waals surface area (Å²) in [5, 5.41) is 5.40. The lowest BCUT2D eigenvalue weighted by Gasteiger charge is -2.33. The smallest absolute Gasteiger partial charge is 0.278 e. The zero-order valence-corrected chi connectivity index (χ0v) is 12.1. The van der Waals surface area contributed by atoms with Crippen LogP contribution in [-0.2, 0) is 16.0 Å². The number of ether oxygens (including phenoxy) is 1. The van der Waals surface area contributed by atoms with Crippen molar-refractivity contribution in [2.45, 2.75) is 18.9 Å².